The first-order valence-corrected chi connectivity index (χ1v) is 10.7. The van der Waals surface area contributed by atoms with Crippen molar-refractivity contribution < 1.29 is 0 Å². The Bertz CT molecular complexity index is 687. The quantitative estimate of drug-likeness (QED) is 0.223. The van der Waals surface area contributed by atoms with Gasteiger partial charge in [0.1, 0.15) is 5.82 Å². The smallest absolute Gasteiger partial charge is 0.191 e. The van der Waals surface area contributed by atoms with E-state index < -0.39 is 0 Å². The Balaban J connectivity index is 0.00000364. The average molecular weight is 501 g/mol. The third-order valence-corrected chi connectivity index (χ3v) is 4.80. The molecular weight excluding hydrogens is 469 g/mol. The number of aryl methyl sites for hydroxylation is 1. The Morgan fingerprint density at radius 3 is 2.74 bits per heavy atom. The average Bonchev–Trinajstić information content (AvgIpc) is 3.04. The van der Waals surface area contributed by atoms with Crippen molar-refractivity contribution in [2.24, 2.45) is 4.99 Å². The summed E-state index contributed by atoms with van der Waals surface area (Å²) in [4.78, 5) is 9.01. The molecule has 2 rings (SSSR count). The van der Waals surface area contributed by atoms with E-state index in [1.54, 1.807) is 0 Å². The number of aromatic nitrogens is 2. The molecule has 0 unspecified atom stereocenters. The van der Waals surface area contributed by atoms with Crippen molar-refractivity contribution in [2.75, 3.05) is 25.1 Å². The van der Waals surface area contributed by atoms with Gasteiger partial charge >= 0.3 is 0 Å². The maximum absolute atomic E-state index is 4.73. The molecule has 5 nitrogen and oxygen atoms in total. The van der Waals surface area contributed by atoms with Crippen LogP contribution in [0.3, 0.4) is 0 Å². The second-order valence-electron chi connectivity index (χ2n) is 6.24. The lowest BCUT2D eigenvalue weighted by molar-refractivity contribution is 0.734. The van der Waals surface area contributed by atoms with Crippen LogP contribution in [-0.4, -0.2) is 40.6 Å². The summed E-state index contributed by atoms with van der Waals surface area (Å²) < 4.78 is 2.16. The number of benzene rings is 1. The van der Waals surface area contributed by atoms with E-state index in [0.29, 0.717) is 6.54 Å². The highest BCUT2D eigenvalue weighted by Gasteiger charge is 2.01. The van der Waals surface area contributed by atoms with Crippen molar-refractivity contribution in [1.82, 2.24) is 20.2 Å². The number of nitrogens with zero attached hydrogens (tertiary/aromatic N) is 3. The zero-order valence-electron chi connectivity index (χ0n) is 16.6. The summed E-state index contributed by atoms with van der Waals surface area (Å²) >= 11 is 1.90. The molecule has 0 saturated heterocycles. The van der Waals surface area contributed by atoms with Crippen molar-refractivity contribution in [3.63, 3.8) is 0 Å². The molecule has 1 aromatic heterocycles. The van der Waals surface area contributed by atoms with E-state index in [1.807, 2.05) is 31.1 Å². The van der Waals surface area contributed by atoms with Crippen LogP contribution >= 0.6 is 35.7 Å². The molecule has 7 heteroatoms. The van der Waals surface area contributed by atoms with Crippen LogP contribution in [0, 0.1) is 6.92 Å². The Morgan fingerprint density at radius 1 is 1.22 bits per heavy atom. The van der Waals surface area contributed by atoms with Gasteiger partial charge in [0.2, 0.25) is 0 Å². The van der Waals surface area contributed by atoms with Gasteiger partial charge < -0.3 is 15.2 Å². The van der Waals surface area contributed by atoms with E-state index in [-0.39, 0.29) is 24.0 Å². The SMILES string of the molecule is CCNC(=NCc1cccc(Cn2ccnc2C)c1)NCCCCSC.I. The zero-order valence-corrected chi connectivity index (χ0v) is 19.7. The van der Waals surface area contributed by atoms with Crippen LogP contribution in [0.4, 0.5) is 0 Å². The Kier molecular flexibility index (Phi) is 12.2. The predicted molar refractivity (Wildman–Crippen MR) is 128 cm³/mol. The number of unbranched alkanes of at least 4 members (excludes halogenated alkanes) is 1. The largest absolute Gasteiger partial charge is 0.357 e. The molecule has 150 valence electrons. The van der Waals surface area contributed by atoms with E-state index in [0.717, 1.165) is 31.4 Å². The van der Waals surface area contributed by atoms with Crippen LogP contribution in [-0.2, 0) is 13.1 Å². The molecule has 1 aromatic carbocycles. The van der Waals surface area contributed by atoms with Gasteiger partial charge in [-0.05, 0) is 49.8 Å². The molecule has 2 aromatic rings. The summed E-state index contributed by atoms with van der Waals surface area (Å²) in [5.74, 6) is 3.15. The lowest BCUT2D eigenvalue weighted by Crippen LogP contribution is -2.37. The molecular formula is C20H32IN5S. The maximum Gasteiger partial charge on any atom is 0.191 e. The van der Waals surface area contributed by atoms with Crippen molar-refractivity contribution in [1.29, 1.82) is 0 Å². The highest BCUT2D eigenvalue weighted by molar-refractivity contribution is 14.0. The summed E-state index contributed by atoms with van der Waals surface area (Å²) in [6, 6.07) is 8.62. The molecule has 0 atom stereocenters. The van der Waals surface area contributed by atoms with E-state index in [4.69, 9.17) is 4.99 Å². The number of hydrogen-bond donors (Lipinski definition) is 2. The van der Waals surface area contributed by atoms with E-state index in [9.17, 15) is 0 Å². The highest BCUT2D eigenvalue weighted by atomic mass is 127. The third-order valence-electron chi connectivity index (χ3n) is 4.10. The lowest BCUT2D eigenvalue weighted by atomic mass is 10.1. The molecule has 27 heavy (non-hydrogen) atoms. The van der Waals surface area contributed by atoms with Crippen LogP contribution in [0.2, 0.25) is 0 Å². The van der Waals surface area contributed by atoms with Gasteiger partial charge in [0, 0.05) is 32.0 Å². The highest BCUT2D eigenvalue weighted by Crippen LogP contribution is 2.09. The summed E-state index contributed by atoms with van der Waals surface area (Å²) in [7, 11) is 0. The lowest BCUT2D eigenvalue weighted by Gasteiger charge is -2.11. The zero-order chi connectivity index (χ0) is 18.6. The van der Waals surface area contributed by atoms with Gasteiger partial charge in [-0.3, -0.25) is 0 Å². The number of aliphatic imine (C=N–C) groups is 1. The van der Waals surface area contributed by atoms with Gasteiger partial charge in [0.25, 0.3) is 0 Å². The molecule has 0 saturated carbocycles. The monoisotopic (exact) mass is 501 g/mol. The van der Waals surface area contributed by atoms with Gasteiger partial charge in [0.15, 0.2) is 5.96 Å². The molecule has 0 radical (unpaired) electrons. The number of hydrogen-bond acceptors (Lipinski definition) is 3. The Labute approximate surface area is 184 Å². The molecule has 0 aliphatic carbocycles. The first-order chi connectivity index (χ1) is 12.7. The van der Waals surface area contributed by atoms with Crippen molar-refractivity contribution in [2.45, 2.75) is 39.8 Å². The number of halogens is 1. The number of thioether (sulfide) groups is 1. The van der Waals surface area contributed by atoms with Crippen molar-refractivity contribution in [3.8, 4) is 0 Å². The van der Waals surface area contributed by atoms with Crippen LogP contribution in [0.15, 0.2) is 41.7 Å². The minimum atomic E-state index is 0. The Hall–Kier alpha value is -1.22. The summed E-state index contributed by atoms with van der Waals surface area (Å²) in [5.41, 5.74) is 2.49. The molecule has 0 fully saturated rings. The number of nitrogens with one attached hydrogen (secondary N) is 2. The third kappa shape index (κ3) is 9.01. The molecule has 0 spiro atoms. The van der Waals surface area contributed by atoms with Gasteiger partial charge in [-0.15, -0.1) is 24.0 Å². The van der Waals surface area contributed by atoms with Crippen LogP contribution in [0.25, 0.3) is 0 Å². The number of guanidine groups is 1. The van der Waals surface area contributed by atoms with Gasteiger partial charge in [-0.1, -0.05) is 24.3 Å². The number of rotatable bonds is 10. The maximum atomic E-state index is 4.73. The fourth-order valence-corrected chi connectivity index (χ4v) is 3.18. The number of imidazole rings is 1. The van der Waals surface area contributed by atoms with E-state index >= 15 is 0 Å². The summed E-state index contributed by atoms with van der Waals surface area (Å²) in [6.45, 7) is 7.48. The minimum absolute atomic E-state index is 0. The second-order valence-corrected chi connectivity index (χ2v) is 7.23. The molecule has 0 aliphatic rings. The van der Waals surface area contributed by atoms with Gasteiger partial charge in [-0.25, -0.2) is 9.98 Å². The van der Waals surface area contributed by atoms with Gasteiger partial charge in [-0.2, -0.15) is 11.8 Å². The van der Waals surface area contributed by atoms with Crippen molar-refractivity contribution >= 4 is 41.7 Å². The molecule has 0 aliphatic heterocycles. The normalized spacial score (nSPS) is 11.1. The summed E-state index contributed by atoms with van der Waals surface area (Å²) in [6.07, 6.45) is 8.43. The summed E-state index contributed by atoms with van der Waals surface area (Å²) in [5, 5.41) is 6.75. The topological polar surface area (TPSA) is 54.2 Å². The first-order valence-electron chi connectivity index (χ1n) is 9.29. The van der Waals surface area contributed by atoms with Crippen LogP contribution in [0.1, 0.15) is 36.7 Å². The Morgan fingerprint density at radius 2 is 2.04 bits per heavy atom. The fraction of sp³-hybridized carbons (Fsp3) is 0.500. The van der Waals surface area contributed by atoms with Crippen LogP contribution < -0.4 is 10.6 Å². The molecule has 0 amide bonds. The first kappa shape index (κ1) is 23.8. The van der Waals surface area contributed by atoms with Gasteiger partial charge in [0.05, 0.1) is 6.54 Å². The predicted octanol–water partition coefficient (Wildman–Crippen LogP) is 4.06. The van der Waals surface area contributed by atoms with E-state index in [1.165, 1.54) is 29.7 Å². The standard InChI is InChI=1S/C20H31N5S.HI/c1-4-21-20(23-10-5-6-13-26-3)24-15-18-8-7-9-19(14-18)16-25-12-11-22-17(25)2;/h7-9,11-12,14H,4-6,10,13,15-16H2,1-3H3,(H2,21,23,24);1H. The molecule has 2 N–H and O–H groups in total. The molecule has 0 bridgehead atoms. The van der Waals surface area contributed by atoms with Crippen molar-refractivity contribution in [3.05, 3.63) is 53.6 Å². The fourth-order valence-electron chi connectivity index (χ4n) is 2.68. The molecule has 1 heterocycles. The second kappa shape index (κ2) is 13.9. The minimum Gasteiger partial charge on any atom is -0.357 e. The van der Waals surface area contributed by atoms with E-state index in [2.05, 4.69) is 57.6 Å². The van der Waals surface area contributed by atoms with Crippen LogP contribution in [0.5, 0.6) is 0 Å².